The highest BCUT2D eigenvalue weighted by Gasteiger charge is 2.30. The first-order chi connectivity index (χ1) is 5.97. The molecule has 0 N–H and O–H groups in total. The molecule has 13 heavy (non-hydrogen) atoms. The molecule has 0 atom stereocenters. The smallest absolute Gasteiger partial charge is 0.160 e. The molecule has 1 heterocycles. The van der Waals surface area contributed by atoms with Crippen LogP contribution in [0.4, 0.5) is 0 Å². The number of nitrogens with zero attached hydrogens (tertiary/aromatic N) is 1. The van der Waals surface area contributed by atoms with Crippen molar-refractivity contribution in [1.29, 1.82) is 0 Å². The van der Waals surface area contributed by atoms with E-state index in [9.17, 15) is 4.79 Å². The van der Waals surface area contributed by atoms with Crippen LogP contribution in [-0.2, 0) is 4.79 Å². The van der Waals surface area contributed by atoms with Crippen molar-refractivity contribution in [3.05, 3.63) is 11.8 Å². The molecule has 1 aliphatic heterocycles. The molecule has 1 aliphatic rings. The molecule has 0 saturated carbocycles. The first-order valence-electron chi connectivity index (χ1n) is 4.93. The van der Waals surface area contributed by atoms with Crippen molar-refractivity contribution in [2.75, 3.05) is 13.6 Å². The molecule has 0 unspecified atom stereocenters. The fraction of sp³-hybridized carbons (Fsp3) is 0.727. The summed E-state index contributed by atoms with van der Waals surface area (Å²) in [7, 11) is 2.03. The van der Waals surface area contributed by atoms with E-state index < -0.39 is 0 Å². The second kappa shape index (κ2) is 3.52. The number of carbonyl (C=O) groups excluding carboxylic acids is 1. The van der Waals surface area contributed by atoms with Gasteiger partial charge in [0.05, 0.1) is 0 Å². The largest absolute Gasteiger partial charge is 0.380 e. The first-order valence-corrected chi connectivity index (χ1v) is 4.93. The molecule has 0 fully saturated rings. The molecule has 0 saturated heterocycles. The Labute approximate surface area is 80.6 Å². The fourth-order valence-corrected chi connectivity index (χ4v) is 1.69. The van der Waals surface area contributed by atoms with Crippen molar-refractivity contribution >= 4 is 5.78 Å². The third-order valence-electron chi connectivity index (χ3n) is 2.79. The Balaban J connectivity index is 2.94. The first kappa shape index (κ1) is 10.3. The monoisotopic (exact) mass is 181 g/mol. The molecule has 2 heteroatoms. The van der Waals surface area contributed by atoms with Crippen molar-refractivity contribution in [2.45, 2.75) is 33.6 Å². The highest BCUT2D eigenvalue weighted by atomic mass is 16.1. The van der Waals surface area contributed by atoms with Crippen LogP contribution in [0.25, 0.3) is 0 Å². The minimum absolute atomic E-state index is 0.0691. The van der Waals surface area contributed by atoms with Crippen LogP contribution in [-0.4, -0.2) is 24.3 Å². The second-order valence-corrected chi connectivity index (χ2v) is 4.43. The summed E-state index contributed by atoms with van der Waals surface area (Å²) in [6.07, 6.45) is 3.69. The molecule has 1 rings (SSSR count). The summed E-state index contributed by atoms with van der Waals surface area (Å²) in [5.74, 6) is 0.288. The van der Waals surface area contributed by atoms with Crippen LogP contribution in [0.5, 0.6) is 0 Å². The van der Waals surface area contributed by atoms with Crippen LogP contribution in [0, 0.1) is 5.41 Å². The van der Waals surface area contributed by atoms with E-state index in [1.807, 2.05) is 20.2 Å². The summed E-state index contributed by atoms with van der Waals surface area (Å²) >= 11 is 0. The molecule has 0 aromatic rings. The average Bonchev–Trinajstić information content (AvgIpc) is 2.08. The Morgan fingerprint density at radius 1 is 1.62 bits per heavy atom. The van der Waals surface area contributed by atoms with Gasteiger partial charge in [0, 0.05) is 31.8 Å². The van der Waals surface area contributed by atoms with E-state index in [2.05, 4.69) is 18.7 Å². The highest BCUT2D eigenvalue weighted by molar-refractivity contribution is 5.96. The van der Waals surface area contributed by atoms with Gasteiger partial charge in [-0.1, -0.05) is 20.8 Å². The Morgan fingerprint density at radius 2 is 2.23 bits per heavy atom. The van der Waals surface area contributed by atoms with Gasteiger partial charge in [-0.2, -0.15) is 0 Å². The minimum Gasteiger partial charge on any atom is -0.380 e. The second-order valence-electron chi connectivity index (χ2n) is 4.43. The SMILES string of the molecule is CCC(=O)C1=CN(C)CCC1(C)C. The van der Waals surface area contributed by atoms with Crippen molar-refractivity contribution in [2.24, 2.45) is 5.41 Å². The molecule has 0 aromatic heterocycles. The van der Waals surface area contributed by atoms with Gasteiger partial charge >= 0.3 is 0 Å². The van der Waals surface area contributed by atoms with Crippen LogP contribution < -0.4 is 0 Å². The Kier molecular flexibility index (Phi) is 2.79. The third kappa shape index (κ3) is 2.11. The number of rotatable bonds is 2. The Morgan fingerprint density at radius 3 is 2.77 bits per heavy atom. The number of hydrogen-bond donors (Lipinski definition) is 0. The molecule has 74 valence electrons. The molecule has 0 spiro atoms. The predicted octanol–water partition coefficient (Wildman–Crippen LogP) is 2.21. The third-order valence-corrected chi connectivity index (χ3v) is 2.79. The lowest BCUT2D eigenvalue weighted by Gasteiger charge is -2.35. The van der Waals surface area contributed by atoms with Gasteiger partial charge in [0.15, 0.2) is 5.78 Å². The minimum atomic E-state index is 0.0691. The van der Waals surface area contributed by atoms with E-state index in [-0.39, 0.29) is 11.2 Å². The van der Waals surface area contributed by atoms with Gasteiger partial charge in [-0.25, -0.2) is 0 Å². The maximum absolute atomic E-state index is 11.6. The number of Topliss-reactive ketones (excluding diaryl/α,β-unsaturated/α-hetero) is 1. The quantitative estimate of drug-likeness (QED) is 0.651. The van der Waals surface area contributed by atoms with E-state index in [0.29, 0.717) is 6.42 Å². The van der Waals surface area contributed by atoms with Crippen molar-refractivity contribution in [1.82, 2.24) is 4.90 Å². The summed E-state index contributed by atoms with van der Waals surface area (Å²) < 4.78 is 0. The van der Waals surface area contributed by atoms with E-state index in [0.717, 1.165) is 18.5 Å². The summed E-state index contributed by atoms with van der Waals surface area (Å²) in [4.78, 5) is 13.7. The van der Waals surface area contributed by atoms with Gasteiger partial charge in [-0.05, 0) is 11.8 Å². The van der Waals surface area contributed by atoms with Gasteiger partial charge in [-0.3, -0.25) is 4.79 Å². The van der Waals surface area contributed by atoms with Gasteiger partial charge in [0.25, 0.3) is 0 Å². The Hall–Kier alpha value is -0.790. The molecule has 0 radical (unpaired) electrons. The zero-order chi connectivity index (χ0) is 10.1. The maximum atomic E-state index is 11.6. The lowest BCUT2D eigenvalue weighted by atomic mass is 9.77. The van der Waals surface area contributed by atoms with Crippen molar-refractivity contribution < 1.29 is 4.79 Å². The lowest BCUT2D eigenvalue weighted by Crippen LogP contribution is -2.32. The van der Waals surface area contributed by atoms with Crippen LogP contribution in [0.3, 0.4) is 0 Å². The van der Waals surface area contributed by atoms with E-state index in [1.54, 1.807) is 0 Å². The number of allylic oxidation sites excluding steroid dienone is 1. The van der Waals surface area contributed by atoms with Gasteiger partial charge in [0.1, 0.15) is 0 Å². The number of hydrogen-bond acceptors (Lipinski definition) is 2. The van der Waals surface area contributed by atoms with Gasteiger partial charge in [0.2, 0.25) is 0 Å². The van der Waals surface area contributed by atoms with Crippen LogP contribution in [0.2, 0.25) is 0 Å². The number of carbonyl (C=O) groups is 1. The number of ketones is 1. The predicted molar refractivity (Wildman–Crippen MR) is 54.4 cm³/mol. The molecular formula is C11H19NO. The van der Waals surface area contributed by atoms with Crippen LogP contribution >= 0.6 is 0 Å². The van der Waals surface area contributed by atoms with E-state index in [4.69, 9.17) is 0 Å². The zero-order valence-electron chi connectivity index (χ0n) is 9.05. The van der Waals surface area contributed by atoms with Crippen molar-refractivity contribution in [3.63, 3.8) is 0 Å². The van der Waals surface area contributed by atoms with Gasteiger partial charge < -0.3 is 4.90 Å². The maximum Gasteiger partial charge on any atom is 0.160 e. The molecule has 0 aromatic carbocycles. The summed E-state index contributed by atoms with van der Waals surface area (Å²) in [6, 6.07) is 0. The fourth-order valence-electron chi connectivity index (χ4n) is 1.69. The Bertz CT molecular complexity index is 240. The van der Waals surface area contributed by atoms with E-state index >= 15 is 0 Å². The molecular weight excluding hydrogens is 162 g/mol. The normalized spacial score (nSPS) is 21.2. The molecule has 0 aliphatic carbocycles. The summed E-state index contributed by atoms with van der Waals surface area (Å²) in [6.45, 7) is 7.28. The summed E-state index contributed by atoms with van der Waals surface area (Å²) in [5, 5.41) is 0. The highest BCUT2D eigenvalue weighted by Crippen LogP contribution is 2.34. The summed E-state index contributed by atoms with van der Waals surface area (Å²) in [5.41, 5.74) is 1.06. The van der Waals surface area contributed by atoms with Crippen molar-refractivity contribution in [3.8, 4) is 0 Å². The molecule has 2 nitrogen and oxygen atoms in total. The van der Waals surface area contributed by atoms with Crippen LogP contribution in [0.1, 0.15) is 33.6 Å². The zero-order valence-corrected chi connectivity index (χ0v) is 9.05. The topological polar surface area (TPSA) is 20.3 Å². The molecule has 0 bridgehead atoms. The standard InChI is InChI=1S/C11H19NO/c1-5-10(13)9-8-12(4)7-6-11(9,2)3/h8H,5-7H2,1-4H3. The van der Waals surface area contributed by atoms with Gasteiger partial charge in [-0.15, -0.1) is 0 Å². The molecule has 0 amide bonds. The van der Waals surface area contributed by atoms with E-state index in [1.165, 1.54) is 0 Å². The lowest BCUT2D eigenvalue weighted by molar-refractivity contribution is -0.116. The van der Waals surface area contributed by atoms with Crippen LogP contribution in [0.15, 0.2) is 11.8 Å². The average molecular weight is 181 g/mol.